The van der Waals surface area contributed by atoms with E-state index in [2.05, 4.69) is 50.6 Å². The molecule has 4 rings (SSSR count). The molecule has 0 spiro atoms. The molecule has 0 aliphatic heterocycles. The van der Waals surface area contributed by atoms with E-state index in [9.17, 15) is 5.26 Å². The monoisotopic (exact) mass is 463 g/mol. The van der Waals surface area contributed by atoms with Crippen molar-refractivity contribution in [2.24, 2.45) is 0 Å². The Kier molecular flexibility index (Phi) is 5.86. The summed E-state index contributed by atoms with van der Waals surface area (Å²) < 4.78 is 10.3. The van der Waals surface area contributed by atoms with Crippen LogP contribution in [0.25, 0.3) is 16.9 Å². The van der Waals surface area contributed by atoms with Crippen LogP contribution in [0.2, 0.25) is 0 Å². The van der Waals surface area contributed by atoms with Crippen LogP contribution in [0.3, 0.4) is 0 Å². The van der Waals surface area contributed by atoms with Gasteiger partial charge in [-0.1, -0.05) is 25.5 Å². The molecular formula is C23H22BrN5O. The highest BCUT2D eigenvalue weighted by atomic mass is 79.9. The number of hydrogen-bond donors (Lipinski definition) is 0. The Balaban J connectivity index is 1.68. The Morgan fingerprint density at radius 2 is 1.93 bits per heavy atom. The van der Waals surface area contributed by atoms with E-state index in [0.29, 0.717) is 18.1 Å². The van der Waals surface area contributed by atoms with Gasteiger partial charge in [0.1, 0.15) is 23.1 Å². The third-order valence-electron chi connectivity index (χ3n) is 5.07. The fourth-order valence-corrected chi connectivity index (χ4v) is 3.93. The van der Waals surface area contributed by atoms with Crippen LogP contribution in [0.5, 0.6) is 5.88 Å². The van der Waals surface area contributed by atoms with E-state index < -0.39 is 0 Å². The van der Waals surface area contributed by atoms with Crippen molar-refractivity contribution in [3.8, 4) is 17.6 Å². The number of unbranched alkanes of at least 4 members (excludes halogenated alkanes) is 1. The van der Waals surface area contributed by atoms with Crippen LogP contribution < -0.4 is 4.74 Å². The van der Waals surface area contributed by atoms with Crippen molar-refractivity contribution in [2.45, 2.75) is 32.7 Å². The first-order valence-corrected chi connectivity index (χ1v) is 10.7. The van der Waals surface area contributed by atoms with Gasteiger partial charge in [0.25, 0.3) is 0 Å². The minimum absolute atomic E-state index is 0.586. The molecule has 1 aromatic carbocycles. The van der Waals surface area contributed by atoms with Gasteiger partial charge in [0.15, 0.2) is 5.65 Å². The molecule has 0 aliphatic rings. The van der Waals surface area contributed by atoms with Crippen LogP contribution in [0.4, 0.5) is 0 Å². The van der Waals surface area contributed by atoms with Crippen LogP contribution in [0.1, 0.15) is 36.8 Å². The van der Waals surface area contributed by atoms with E-state index in [4.69, 9.17) is 9.72 Å². The molecule has 0 fully saturated rings. The molecule has 0 atom stereocenters. The number of nitriles is 1. The highest BCUT2D eigenvalue weighted by Gasteiger charge is 2.14. The van der Waals surface area contributed by atoms with E-state index in [1.807, 2.05) is 41.1 Å². The summed E-state index contributed by atoms with van der Waals surface area (Å²) in [6.07, 6.45) is 5.01. The quantitative estimate of drug-likeness (QED) is 0.374. The summed E-state index contributed by atoms with van der Waals surface area (Å²) in [5.74, 6) is 1.63. The second kappa shape index (κ2) is 8.72. The number of halogens is 1. The number of rotatable bonds is 7. The average Bonchev–Trinajstić information content (AvgIpc) is 3.32. The molecule has 0 saturated carbocycles. The first kappa shape index (κ1) is 20.2. The third kappa shape index (κ3) is 3.96. The molecular weight excluding hydrogens is 442 g/mol. The SMILES string of the molecule is CCCCc1nc2ccc(OC)nc2n1Cc1ccc(-n2cc(Br)cc2C#N)cc1. The maximum atomic E-state index is 9.34. The minimum atomic E-state index is 0.586. The molecule has 0 unspecified atom stereocenters. The summed E-state index contributed by atoms with van der Waals surface area (Å²) >= 11 is 3.44. The van der Waals surface area contributed by atoms with Crippen LogP contribution in [-0.2, 0) is 13.0 Å². The largest absolute Gasteiger partial charge is 0.481 e. The van der Waals surface area contributed by atoms with Gasteiger partial charge in [0.05, 0.1) is 13.7 Å². The number of imidazole rings is 1. The number of ether oxygens (including phenoxy) is 1. The number of benzene rings is 1. The lowest BCUT2D eigenvalue weighted by Gasteiger charge is -2.11. The molecule has 0 saturated heterocycles. The molecule has 4 aromatic rings. The number of pyridine rings is 1. The number of hydrogen-bond acceptors (Lipinski definition) is 4. The lowest BCUT2D eigenvalue weighted by atomic mass is 10.2. The molecule has 0 radical (unpaired) electrons. The van der Waals surface area contributed by atoms with Crippen LogP contribution in [0.15, 0.2) is 53.1 Å². The van der Waals surface area contributed by atoms with Gasteiger partial charge in [-0.15, -0.1) is 0 Å². The Labute approximate surface area is 183 Å². The van der Waals surface area contributed by atoms with Gasteiger partial charge in [-0.2, -0.15) is 10.2 Å². The number of aryl methyl sites for hydroxylation is 1. The number of fused-ring (bicyclic) bond motifs is 1. The van der Waals surface area contributed by atoms with E-state index in [1.165, 1.54) is 0 Å². The molecule has 0 aliphatic carbocycles. The van der Waals surface area contributed by atoms with E-state index >= 15 is 0 Å². The molecule has 152 valence electrons. The smallest absolute Gasteiger partial charge is 0.215 e. The van der Waals surface area contributed by atoms with Gasteiger partial charge in [0, 0.05) is 28.8 Å². The molecule has 0 bridgehead atoms. The summed E-state index contributed by atoms with van der Waals surface area (Å²) in [6.45, 7) is 2.86. The van der Waals surface area contributed by atoms with E-state index in [1.54, 1.807) is 7.11 Å². The van der Waals surface area contributed by atoms with Crippen molar-refractivity contribution in [2.75, 3.05) is 7.11 Å². The second-order valence-corrected chi connectivity index (χ2v) is 8.02. The third-order valence-corrected chi connectivity index (χ3v) is 5.50. The van der Waals surface area contributed by atoms with Crippen molar-refractivity contribution >= 4 is 27.1 Å². The maximum Gasteiger partial charge on any atom is 0.215 e. The summed E-state index contributed by atoms with van der Waals surface area (Å²) in [6, 6.07) is 16.1. The molecule has 0 amide bonds. The minimum Gasteiger partial charge on any atom is -0.481 e. The Morgan fingerprint density at radius 3 is 2.63 bits per heavy atom. The molecule has 7 heteroatoms. The average molecular weight is 464 g/mol. The van der Waals surface area contributed by atoms with Gasteiger partial charge in [-0.25, -0.2) is 4.98 Å². The molecule has 0 N–H and O–H groups in total. The predicted octanol–water partition coefficient (Wildman–Crippen LogP) is 5.26. The second-order valence-electron chi connectivity index (χ2n) is 7.11. The van der Waals surface area contributed by atoms with Crippen molar-refractivity contribution in [1.29, 1.82) is 5.26 Å². The lowest BCUT2D eigenvalue weighted by Crippen LogP contribution is -2.07. The van der Waals surface area contributed by atoms with Gasteiger partial charge in [0.2, 0.25) is 5.88 Å². The summed E-state index contributed by atoms with van der Waals surface area (Å²) in [7, 11) is 1.63. The molecule has 6 nitrogen and oxygen atoms in total. The van der Waals surface area contributed by atoms with Gasteiger partial charge in [-0.3, -0.25) is 0 Å². The van der Waals surface area contributed by atoms with Crippen molar-refractivity contribution in [1.82, 2.24) is 19.1 Å². The number of nitrogens with zero attached hydrogens (tertiary/aromatic N) is 5. The first-order chi connectivity index (χ1) is 14.6. The Bertz CT molecular complexity index is 1220. The number of methoxy groups -OCH3 is 1. The fraction of sp³-hybridized carbons (Fsp3) is 0.261. The molecule has 3 heterocycles. The zero-order valence-electron chi connectivity index (χ0n) is 17.0. The number of aromatic nitrogens is 4. The zero-order chi connectivity index (χ0) is 21.1. The highest BCUT2D eigenvalue weighted by Crippen LogP contribution is 2.23. The highest BCUT2D eigenvalue weighted by molar-refractivity contribution is 9.10. The molecule has 30 heavy (non-hydrogen) atoms. The van der Waals surface area contributed by atoms with Gasteiger partial charge >= 0.3 is 0 Å². The normalized spacial score (nSPS) is 11.0. The maximum absolute atomic E-state index is 9.34. The standard InChI is InChI=1S/C23H22BrN5O/c1-3-4-5-21-26-20-10-11-22(30-2)27-23(20)29(21)14-16-6-8-18(9-7-16)28-15-17(24)12-19(28)13-25/h6-12,15H,3-5,14H2,1-2H3. The van der Waals surface area contributed by atoms with Gasteiger partial charge in [-0.05, 0) is 52.2 Å². The zero-order valence-corrected chi connectivity index (χ0v) is 18.6. The van der Waals surface area contributed by atoms with E-state index in [-0.39, 0.29) is 0 Å². The van der Waals surface area contributed by atoms with Crippen LogP contribution in [-0.4, -0.2) is 26.2 Å². The van der Waals surface area contributed by atoms with E-state index in [0.717, 1.165) is 52.0 Å². The Hall–Kier alpha value is -3.11. The predicted molar refractivity (Wildman–Crippen MR) is 120 cm³/mol. The summed E-state index contributed by atoms with van der Waals surface area (Å²) in [5.41, 5.74) is 4.40. The topological polar surface area (TPSA) is 68.7 Å². The first-order valence-electron chi connectivity index (χ1n) is 9.90. The van der Waals surface area contributed by atoms with Crippen molar-refractivity contribution in [3.63, 3.8) is 0 Å². The fourth-order valence-electron chi connectivity index (χ4n) is 3.51. The summed E-state index contributed by atoms with van der Waals surface area (Å²) in [5, 5.41) is 9.34. The van der Waals surface area contributed by atoms with Crippen LogP contribution >= 0.6 is 15.9 Å². The van der Waals surface area contributed by atoms with Crippen LogP contribution in [0, 0.1) is 11.3 Å². The Morgan fingerprint density at radius 1 is 1.13 bits per heavy atom. The van der Waals surface area contributed by atoms with Crippen molar-refractivity contribution < 1.29 is 4.74 Å². The van der Waals surface area contributed by atoms with Gasteiger partial charge < -0.3 is 13.9 Å². The summed E-state index contributed by atoms with van der Waals surface area (Å²) in [4.78, 5) is 9.45. The lowest BCUT2D eigenvalue weighted by molar-refractivity contribution is 0.399. The molecule has 3 aromatic heterocycles. The van der Waals surface area contributed by atoms with Crippen molar-refractivity contribution in [3.05, 3.63) is 70.2 Å².